The number of aliphatic imine (C=N–C) groups is 1. The van der Waals surface area contributed by atoms with Gasteiger partial charge in [0.2, 0.25) is 0 Å². The highest BCUT2D eigenvalue weighted by atomic mass is 127. The van der Waals surface area contributed by atoms with Crippen LogP contribution in [-0.2, 0) is 13.0 Å². The number of aromatic nitrogens is 2. The molecule has 8 heteroatoms. The largest absolute Gasteiger partial charge is 0.356 e. The van der Waals surface area contributed by atoms with Crippen molar-refractivity contribution < 1.29 is 0 Å². The molecule has 0 aliphatic rings. The number of guanidine groups is 1. The van der Waals surface area contributed by atoms with Gasteiger partial charge in [-0.05, 0) is 31.9 Å². The first-order valence-electron chi connectivity index (χ1n) is 7.06. The Bertz CT molecular complexity index is 622. The van der Waals surface area contributed by atoms with E-state index in [9.17, 15) is 0 Å². The van der Waals surface area contributed by atoms with Crippen molar-refractivity contribution in [3.8, 4) is 0 Å². The van der Waals surface area contributed by atoms with Crippen molar-refractivity contribution in [1.82, 2.24) is 20.6 Å². The minimum absolute atomic E-state index is 0. The van der Waals surface area contributed by atoms with Gasteiger partial charge in [-0.25, -0.2) is 9.97 Å². The van der Waals surface area contributed by atoms with Gasteiger partial charge in [-0.3, -0.25) is 4.99 Å². The molecule has 0 aliphatic carbocycles. The van der Waals surface area contributed by atoms with Crippen molar-refractivity contribution in [2.45, 2.75) is 26.8 Å². The quantitative estimate of drug-likeness (QED) is 0.308. The van der Waals surface area contributed by atoms with Crippen LogP contribution < -0.4 is 10.6 Å². The topological polar surface area (TPSA) is 62.2 Å². The van der Waals surface area contributed by atoms with Gasteiger partial charge in [-0.15, -0.1) is 35.3 Å². The maximum Gasteiger partial charge on any atom is 0.191 e. The Balaban J connectivity index is 0.00000264. The number of hydrogen-bond donors (Lipinski definition) is 2. The molecule has 2 rings (SSSR count). The van der Waals surface area contributed by atoms with Crippen molar-refractivity contribution in [2.24, 2.45) is 4.99 Å². The van der Waals surface area contributed by atoms with Crippen LogP contribution in [0.1, 0.15) is 21.1 Å². The molecule has 2 N–H and O–H groups in total. The van der Waals surface area contributed by atoms with Gasteiger partial charge in [0.25, 0.3) is 0 Å². The molecule has 0 saturated heterocycles. The molecule has 0 amide bonds. The Morgan fingerprint density at radius 2 is 2.09 bits per heavy atom. The van der Waals surface area contributed by atoms with E-state index in [-0.39, 0.29) is 24.0 Å². The predicted octanol–water partition coefficient (Wildman–Crippen LogP) is 3.33. The first-order valence-corrected chi connectivity index (χ1v) is 8.26. The Hall–Kier alpha value is -0.930. The van der Waals surface area contributed by atoms with Crippen LogP contribution in [0.15, 0.2) is 23.3 Å². The summed E-state index contributed by atoms with van der Waals surface area (Å²) in [7, 11) is 1.76. The zero-order valence-electron chi connectivity index (χ0n) is 13.4. The summed E-state index contributed by atoms with van der Waals surface area (Å²) in [5, 5.41) is 8.14. The first kappa shape index (κ1) is 20.1. The van der Waals surface area contributed by atoms with Gasteiger partial charge >= 0.3 is 0 Å². The van der Waals surface area contributed by atoms with E-state index in [4.69, 9.17) is 11.6 Å². The first-order chi connectivity index (χ1) is 10.6. The SMILES string of the molecule is CN=C(NCCc1ccc(Cl)nc1)NCc1nc(C)c(C)s1.I. The number of hydrogen-bond acceptors (Lipinski definition) is 4. The lowest BCUT2D eigenvalue weighted by Gasteiger charge is -2.10. The van der Waals surface area contributed by atoms with Gasteiger partial charge in [0.15, 0.2) is 5.96 Å². The molecule has 2 aromatic rings. The third-order valence-electron chi connectivity index (χ3n) is 3.20. The maximum atomic E-state index is 5.77. The van der Waals surface area contributed by atoms with E-state index >= 15 is 0 Å². The Labute approximate surface area is 163 Å². The Kier molecular flexibility index (Phi) is 8.78. The molecule has 5 nitrogen and oxygen atoms in total. The van der Waals surface area contributed by atoms with E-state index in [1.807, 2.05) is 13.0 Å². The summed E-state index contributed by atoms with van der Waals surface area (Å²) in [6.07, 6.45) is 2.65. The highest BCUT2D eigenvalue weighted by molar-refractivity contribution is 14.0. The maximum absolute atomic E-state index is 5.77. The van der Waals surface area contributed by atoms with E-state index < -0.39 is 0 Å². The molecule has 0 bridgehead atoms. The molecule has 0 atom stereocenters. The van der Waals surface area contributed by atoms with Crippen molar-refractivity contribution in [2.75, 3.05) is 13.6 Å². The average Bonchev–Trinajstić information content (AvgIpc) is 2.83. The number of nitrogens with one attached hydrogen (secondary N) is 2. The van der Waals surface area contributed by atoms with Crippen LogP contribution in [0.3, 0.4) is 0 Å². The molecule has 0 aromatic carbocycles. The van der Waals surface area contributed by atoms with Crippen molar-refractivity contribution in [3.63, 3.8) is 0 Å². The van der Waals surface area contributed by atoms with Gasteiger partial charge in [0, 0.05) is 24.7 Å². The van der Waals surface area contributed by atoms with Crippen LogP contribution in [0.5, 0.6) is 0 Å². The minimum Gasteiger partial charge on any atom is -0.356 e. The van der Waals surface area contributed by atoms with Gasteiger partial charge in [0.05, 0.1) is 12.2 Å². The number of aryl methyl sites for hydroxylation is 2. The van der Waals surface area contributed by atoms with Crippen LogP contribution in [0.25, 0.3) is 0 Å². The molecule has 0 radical (unpaired) electrons. The third-order valence-corrected chi connectivity index (χ3v) is 4.49. The normalized spacial score (nSPS) is 11.0. The third kappa shape index (κ3) is 6.60. The summed E-state index contributed by atoms with van der Waals surface area (Å²) in [5.74, 6) is 0.771. The van der Waals surface area contributed by atoms with Crippen LogP contribution in [-0.4, -0.2) is 29.5 Å². The van der Waals surface area contributed by atoms with Crippen molar-refractivity contribution >= 4 is 52.9 Å². The summed E-state index contributed by atoms with van der Waals surface area (Å²) in [6.45, 7) is 5.58. The lowest BCUT2D eigenvalue weighted by atomic mass is 10.2. The molecule has 23 heavy (non-hydrogen) atoms. The zero-order chi connectivity index (χ0) is 15.9. The molecule has 126 valence electrons. The number of pyridine rings is 1. The molecule has 0 spiro atoms. The minimum atomic E-state index is 0. The van der Waals surface area contributed by atoms with Crippen molar-refractivity contribution in [1.29, 1.82) is 0 Å². The summed E-state index contributed by atoms with van der Waals surface area (Å²) in [6, 6.07) is 3.78. The molecular weight excluding hydrogens is 445 g/mol. The molecule has 2 heterocycles. The molecule has 0 unspecified atom stereocenters. The number of nitrogens with zero attached hydrogens (tertiary/aromatic N) is 3. The summed E-state index contributed by atoms with van der Waals surface area (Å²) in [4.78, 5) is 14.0. The van der Waals surface area contributed by atoms with Crippen LogP contribution in [0, 0.1) is 13.8 Å². The average molecular weight is 466 g/mol. The Morgan fingerprint density at radius 3 is 2.65 bits per heavy atom. The molecule has 2 aromatic heterocycles. The molecule has 0 saturated carbocycles. The fraction of sp³-hybridized carbons (Fsp3) is 0.400. The highest BCUT2D eigenvalue weighted by Crippen LogP contribution is 2.15. The molecular formula is C15H21ClIN5S. The van der Waals surface area contributed by atoms with Gasteiger partial charge in [-0.1, -0.05) is 17.7 Å². The highest BCUT2D eigenvalue weighted by Gasteiger charge is 2.04. The predicted molar refractivity (Wildman–Crippen MR) is 108 cm³/mol. The number of halogens is 2. The van der Waals surface area contributed by atoms with Crippen molar-refractivity contribution in [3.05, 3.63) is 44.6 Å². The fourth-order valence-electron chi connectivity index (χ4n) is 1.87. The van der Waals surface area contributed by atoms with E-state index in [0.29, 0.717) is 11.7 Å². The Morgan fingerprint density at radius 1 is 1.30 bits per heavy atom. The lowest BCUT2D eigenvalue weighted by molar-refractivity contribution is 0.789. The summed E-state index contributed by atoms with van der Waals surface area (Å²) in [5.41, 5.74) is 2.23. The van der Waals surface area contributed by atoms with E-state index in [1.54, 1.807) is 30.6 Å². The summed E-state index contributed by atoms with van der Waals surface area (Å²) >= 11 is 7.48. The molecule has 0 aliphatic heterocycles. The van der Waals surface area contributed by atoms with E-state index in [0.717, 1.165) is 35.2 Å². The summed E-state index contributed by atoms with van der Waals surface area (Å²) < 4.78 is 0. The van der Waals surface area contributed by atoms with Crippen LogP contribution in [0.2, 0.25) is 5.15 Å². The van der Waals surface area contributed by atoms with Gasteiger partial charge in [-0.2, -0.15) is 0 Å². The zero-order valence-corrected chi connectivity index (χ0v) is 17.3. The second-order valence-electron chi connectivity index (χ2n) is 4.84. The van der Waals surface area contributed by atoms with E-state index in [1.165, 1.54) is 4.88 Å². The lowest BCUT2D eigenvalue weighted by Crippen LogP contribution is -2.37. The smallest absolute Gasteiger partial charge is 0.191 e. The van der Waals surface area contributed by atoms with Gasteiger partial charge in [0.1, 0.15) is 10.2 Å². The van der Waals surface area contributed by atoms with Gasteiger partial charge < -0.3 is 10.6 Å². The van der Waals surface area contributed by atoms with Crippen LogP contribution >= 0.6 is 46.9 Å². The second-order valence-corrected chi connectivity index (χ2v) is 6.52. The standard InChI is InChI=1S/C15H20ClN5S.HI/c1-10-11(2)22-14(21-10)9-20-15(17-3)18-7-6-12-4-5-13(16)19-8-12;/h4-5,8H,6-7,9H2,1-3H3,(H2,17,18,20);1H. The number of thiazole rings is 1. The van der Waals surface area contributed by atoms with Crippen LogP contribution in [0.4, 0.5) is 0 Å². The molecule has 0 fully saturated rings. The fourth-order valence-corrected chi connectivity index (χ4v) is 2.86. The second kappa shape index (κ2) is 10.0. The monoisotopic (exact) mass is 465 g/mol. The van der Waals surface area contributed by atoms with E-state index in [2.05, 4.69) is 32.5 Å². The number of rotatable bonds is 5.